The molecule has 40 nitrogen and oxygen atoms in total. The number of halogens is 1. The van der Waals surface area contributed by atoms with E-state index >= 15 is 0 Å². The Morgan fingerprint density at radius 3 is 1.43 bits per heavy atom. The number of H-pyrrole nitrogens is 2. The number of imidazole rings is 4. The first-order valence-electron chi connectivity index (χ1n) is 38.9. The van der Waals surface area contributed by atoms with Crippen LogP contribution in [0.1, 0.15) is 213 Å². The first-order valence-corrected chi connectivity index (χ1v) is 38.9. The molecule has 17 aromatic heterocycles. The molecule has 0 aromatic carbocycles. The van der Waals surface area contributed by atoms with Gasteiger partial charge in [0.2, 0.25) is 0 Å². The number of fused-ring (bicyclic) bond motifs is 9. The molecule has 0 bridgehead atoms. The van der Waals surface area contributed by atoms with Crippen LogP contribution in [0.3, 0.4) is 0 Å². The predicted octanol–water partition coefficient (Wildman–Crippen LogP) is 12.1. The fraction of sp³-hybridized carbons (Fsp3) is 0.380. The Hall–Kier alpha value is -14.4. The van der Waals surface area contributed by atoms with Crippen LogP contribution in [-0.2, 0) is 0 Å². The monoisotopic (exact) mass is 1640 g/mol. The maximum absolute atomic E-state index is 13.5. The summed E-state index contributed by atoms with van der Waals surface area (Å²) in [6.07, 6.45) is 22.2. The number of nitrogen functional groups attached to an aromatic ring is 6. The summed E-state index contributed by atoms with van der Waals surface area (Å²) in [4.78, 5) is 93.5. The van der Waals surface area contributed by atoms with Gasteiger partial charge >= 0.3 is 0 Å². The number of nitrogens with zero attached hydrogens (tertiary/aromatic N) is 29. The number of aryl methyl sites for hydroxylation is 2. The topological polar surface area (TPSA) is 540 Å². The number of aromatic amines is 2. The van der Waals surface area contributed by atoms with Crippen molar-refractivity contribution in [3.8, 4) is 0 Å². The van der Waals surface area contributed by atoms with E-state index in [2.05, 4.69) is 157 Å². The zero-order chi connectivity index (χ0) is 87.4. The Labute approximate surface area is 688 Å². The van der Waals surface area contributed by atoms with Crippen LogP contribution in [0, 0.1) is 19.7 Å². The summed E-state index contributed by atoms with van der Waals surface area (Å²) in [5.74, 6) is 2.60. The lowest BCUT2D eigenvalue weighted by Crippen LogP contribution is -2.11. The van der Waals surface area contributed by atoms with Gasteiger partial charge in [-0.15, -0.1) is 15.3 Å². The van der Waals surface area contributed by atoms with Crippen molar-refractivity contribution in [2.45, 2.75) is 199 Å². The third-order valence-corrected chi connectivity index (χ3v) is 18.3. The van der Waals surface area contributed by atoms with Gasteiger partial charge in [-0.1, -0.05) is 29.5 Å². The van der Waals surface area contributed by atoms with Crippen molar-refractivity contribution in [3.63, 3.8) is 0 Å². The Morgan fingerprint density at radius 1 is 0.417 bits per heavy atom. The van der Waals surface area contributed by atoms with Crippen LogP contribution < -0.4 is 45.5 Å². The van der Waals surface area contributed by atoms with Crippen LogP contribution in [0.25, 0.3) is 83.5 Å². The summed E-state index contributed by atoms with van der Waals surface area (Å²) in [5, 5.41) is 29.1. The van der Waals surface area contributed by atoms with Gasteiger partial charge in [0.15, 0.2) is 79.1 Å². The standard InChI is InChI=1S/C10H12FN3.C9H12N4O.3C9H12N4.C9H11N3O.C8H11N5O.2C8H11N5/c1-6(2)14-5-7(11)9-8(12)3-4-13-10(9)14;1-5(2)13-4-10-7-8(13)11-6(3)12-9(7)14;1-6(2)13-5-12-8-7(10)3-4-11-9(8)13;1-6(2)13-4-3-7-8(10)11-5-12-9(7)13;1-6(2)8-5-11-9-7(10)3-4-12-13(8)9;1-6(2)12-5-11-8-7(13)3-4-10-9(8)12;1-4(2)13-7-6(11-12-13)8(14)10-5(3)9-7;2*1-5(2)13-8-7(11-12-13)6(9)3-4-10-8/h3-6H,1-2H3,(H2,12,13);4-5H,1-3H3,(H,11,12,14);3-6H,1-2H3,(H2,10,11);3-6H,1-2H3,(H2,10,11,12);3-6H,10H2,1-2H3;4-6H,3H2,1-2H3;4H,1-3H3,(H,9,10,14);2*3-5H,1-2H3,(H2,9,10). The molecule has 0 aliphatic carbocycles. The highest BCUT2D eigenvalue weighted by molar-refractivity contribution is 6.08. The molecule has 17 aromatic rings. The number of ketones is 1. The van der Waals surface area contributed by atoms with Gasteiger partial charge in [0.25, 0.3) is 11.1 Å². The third kappa shape index (κ3) is 19.6. The van der Waals surface area contributed by atoms with Crippen molar-refractivity contribution in [1.29, 1.82) is 0 Å². The number of aromatic nitrogens is 30. The molecular weight excluding hydrogens is 1530 g/mol. The van der Waals surface area contributed by atoms with E-state index < -0.39 is 0 Å². The van der Waals surface area contributed by atoms with E-state index in [0.717, 1.165) is 44.8 Å². The van der Waals surface area contributed by atoms with Gasteiger partial charge in [-0.05, 0) is 167 Å². The molecule has 0 atom stereocenters. The fourth-order valence-electron chi connectivity index (χ4n) is 12.1. The highest BCUT2D eigenvalue weighted by Gasteiger charge is 2.22. The summed E-state index contributed by atoms with van der Waals surface area (Å²) in [6.45, 7) is 40.2. The smallest absolute Gasteiger partial charge is 0.281 e. The summed E-state index contributed by atoms with van der Waals surface area (Å²) in [6, 6.07) is 12.7. The van der Waals surface area contributed by atoms with Gasteiger partial charge in [0.1, 0.15) is 40.6 Å². The Kier molecular flexibility index (Phi) is 27.9. The fourth-order valence-corrected chi connectivity index (χ4v) is 12.1. The van der Waals surface area contributed by atoms with Gasteiger partial charge in [-0.2, -0.15) is 5.10 Å². The van der Waals surface area contributed by atoms with Crippen LogP contribution in [0.15, 0.2) is 126 Å². The maximum atomic E-state index is 13.5. The molecule has 0 spiro atoms. The van der Waals surface area contributed by atoms with Crippen LogP contribution in [0.4, 0.5) is 44.5 Å². The summed E-state index contributed by atoms with van der Waals surface area (Å²) < 4.78 is 30.1. The second-order valence-corrected chi connectivity index (χ2v) is 30.3. The van der Waals surface area contributed by atoms with Crippen LogP contribution in [-0.4, -0.2) is 159 Å². The van der Waals surface area contributed by atoms with E-state index in [1.165, 1.54) is 12.5 Å². The molecule has 1 aliphatic rings. The molecule has 120 heavy (non-hydrogen) atoms. The van der Waals surface area contributed by atoms with Gasteiger partial charge < -0.3 is 67.2 Å². The molecule has 0 saturated heterocycles. The minimum atomic E-state index is -0.306. The highest BCUT2D eigenvalue weighted by atomic mass is 19.1. The van der Waals surface area contributed by atoms with Crippen LogP contribution in [0.5, 0.6) is 0 Å². The van der Waals surface area contributed by atoms with E-state index in [1.54, 1.807) is 123 Å². The normalized spacial score (nSPS) is 11.8. The molecule has 1 aliphatic heterocycles. The van der Waals surface area contributed by atoms with Crippen molar-refractivity contribution in [3.05, 3.63) is 161 Å². The van der Waals surface area contributed by atoms with Crippen LogP contribution >= 0.6 is 0 Å². The van der Waals surface area contributed by atoms with E-state index in [4.69, 9.17) is 34.4 Å². The van der Waals surface area contributed by atoms with Crippen molar-refractivity contribution in [2.75, 3.05) is 34.4 Å². The molecule has 18 heterocycles. The van der Waals surface area contributed by atoms with Crippen molar-refractivity contribution >= 4 is 136 Å². The van der Waals surface area contributed by atoms with Gasteiger partial charge in [-0.3, -0.25) is 14.4 Å². The quantitative estimate of drug-likeness (QED) is 0.0665. The zero-order valence-corrected chi connectivity index (χ0v) is 70.9. The molecule has 0 saturated carbocycles. The Bertz CT molecular complexity index is 5940. The number of nitrogens with two attached hydrogens (primary N) is 6. The van der Waals surface area contributed by atoms with Gasteiger partial charge in [0.05, 0.1) is 88.7 Å². The van der Waals surface area contributed by atoms with Crippen molar-refractivity contribution in [2.24, 2.45) is 4.99 Å². The van der Waals surface area contributed by atoms with Gasteiger partial charge in [-0.25, -0.2) is 87.8 Å². The number of pyridine rings is 4. The third-order valence-electron chi connectivity index (χ3n) is 18.3. The number of nitrogens with one attached hydrogen (secondary N) is 2. The lowest BCUT2D eigenvalue weighted by atomic mass is 10.2. The Morgan fingerprint density at radius 2 is 0.883 bits per heavy atom. The molecule has 0 fully saturated rings. The molecule has 0 radical (unpaired) electrons. The van der Waals surface area contributed by atoms with E-state index in [0.29, 0.717) is 132 Å². The lowest BCUT2D eigenvalue weighted by molar-refractivity contribution is 0.0996. The number of hydrogen-bond acceptors (Lipinski definition) is 29. The number of hydrogen-bond donors (Lipinski definition) is 8. The number of carbonyl (C=O) groups excluding carboxylic acids is 1. The molecule has 0 unspecified atom stereocenters. The molecule has 630 valence electrons. The summed E-state index contributed by atoms with van der Waals surface area (Å²) in [7, 11) is 0. The first kappa shape index (κ1) is 87.9. The lowest BCUT2D eigenvalue weighted by Gasteiger charge is -2.10. The number of Topliss-reactive ketones (excluding diaryl/α,β-unsaturated/α-hetero) is 1. The molecule has 18 rings (SSSR count). The van der Waals surface area contributed by atoms with Gasteiger partial charge in [0, 0.05) is 85.7 Å². The van der Waals surface area contributed by atoms with Crippen LogP contribution in [0.2, 0.25) is 0 Å². The largest absolute Gasteiger partial charge is 0.398 e. The second-order valence-electron chi connectivity index (χ2n) is 30.3. The molecule has 0 amide bonds. The summed E-state index contributed by atoms with van der Waals surface area (Å²) in [5.41, 5.74) is 47.2. The average Bonchev–Trinajstić information content (AvgIpc) is 1.64. The van der Waals surface area contributed by atoms with Crippen molar-refractivity contribution in [1.82, 2.24) is 147 Å². The number of anilines is 6. The molecule has 41 heteroatoms. The molecule has 14 N–H and O–H groups in total. The summed E-state index contributed by atoms with van der Waals surface area (Å²) >= 11 is 0. The highest BCUT2D eigenvalue weighted by Crippen LogP contribution is 2.29. The minimum Gasteiger partial charge on any atom is -0.398 e. The minimum absolute atomic E-state index is 0.0596. The van der Waals surface area contributed by atoms with E-state index in [9.17, 15) is 18.8 Å². The SMILES string of the molecule is CC(C)c1cnc2c(N)ccnn12.CC(C)n1cc(F)c2c(N)ccnc21.CC(C)n1ccc2c(N)ncnc21.CC(C)n1cnc2c(N)ccnc21.CC(C)n1cnc2c1N=CCC2=O.CC(C)n1nnc2c(N)ccnc21.CC(C)n1nnc2c(N)ccnc21.Cc1nc2c(ncn2C(C)C)c(=O)[nH]1.Cc1nc2c(nnn2C(C)C)c(=O)[nH]1. The van der Waals surface area contributed by atoms with E-state index in [-0.39, 0.29) is 52.9 Å². The first-order chi connectivity index (χ1) is 57.0. The zero-order valence-electron chi connectivity index (χ0n) is 70.9. The number of rotatable bonds is 9. The Balaban J connectivity index is 0.000000142. The second kappa shape index (κ2) is 38.1. The number of aliphatic imine (C=N–C) groups is 1. The molecular formula is C79H104FN37O3. The number of carbonyl (C=O) groups is 1. The average molecular weight is 1640 g/mol. The van der Waals surface area contributed by atoms with E-state index in [1.807, 2.05) is 115 Å². The van der Waals surface area contributed by atoms with Crippen molar-refractivity contribution < 1.29 is 9.18 Å². The maximum Gasteiger partial charge on any atom is 0.281 e. The predicted molar refractivity (Wildman–Crippen MR) is 465 cm³/mol.